The van der Waals surface area contributed by atoms with E-state index in [9.17, 15) is 14.0 Å². The molecule has 188 valence electrons. The number of nitrogens with one attached hydrogen (secondary N) is 1. The average molecular weight is 492 g/mol. The third-order valence-electron chi connectivity index (χ3n) is 7.45. The summed E-state index contributed by atoms with van der Waals surface area (Å²) >= 11 is 0. The van der Waals surface area contributed by atoms with Crippen LogP contribution in [-0.4, -0.2) is 76.2 Å². The first-order chi connectivity index (χ1) is 17.4. The zero-order valence-corrected chi connectivity index (χ0v) is 20.5. The first-order valence-electron chi connectivity index (χ1n) is 12.1. The molecule has 2 aromatic carbocycles. The van der Waals surface area contributed by atoms with Gasteiger partial charge in [0.15, 0.2) is 0 Å². The van der Waals surface area contributed by atoms with Crippen LogP contribution in [0.3, 0.4) is 0 Å². The largest absolute Gasteiger partial charge is 0.497 e. The number of methoxy groups -OCH3 is 1. The molecule has 1 N–H and O–H groups in total. The predicted octanol–water partition coefficient (Wildman–Crippen LogP) is 3.70. The third kappa shape index (κ3) is 4.35. The van der Waals surface area contributed by atoms with Gasteiger partial charge in [-0.2, -0.15) is 5.10 Å². The Kier molecular flexibility index (Phi) is 6.49. The van der Waals surface area contributed by atoms with Crippen LogP contribution in [0.2, 0.25) is 0 Å². The predicted molar refractivity (Wildman–Crippen MR) is 133 cm³/mol. The van der Waals surface area contributed by atoms with Crippen LogP contribution in [0, 0.1) is 5.82 Å². The van der Waals surface area contributed by atoms with E-state index in [0.717, 1.165) is 28.1 Å². The summed E-state index contributed by atoms with van der Waals surface area (Å²) in [4.78, 5) is 31.6. The number of rotatable bonds is 7. The number of H-pyrrole nitrogens is 1. The molecular formula is C27H30FN5O3. The smallest absolute Gasteiger partial charge is 0.327 e. The first-order valence-corrected chi connectivity index (χ1v) is 12.1. The molecule has 3 aromatic rings. The molecule has 2 aliphatic rings. The average Bonchev–Trinajstić information content (AvgIpc) is 3.43. The molecule has 36 heavy (non-hydrogen) atoms. The maximum Gasteiger partial charge on any atom is 0.327 e. The molecule has 0 unspecified atom stereocenters. The Hall–Kier alpha value is -3.72. The molecule has 2 aliphatic heterocycles. The van der Waals surface area contributed by atoms with Crippen molar-refractivity contribution in [3.63, 3.8) is 0 Å². The number of carbonyl (C=O) groups excluding carboxylic acids is 2. The highest BCUT2D eigenvalue weighted by atomic mass is 19.1. The Labute approximate surface area is 209 Å². The molecule has 8 nitrogen and oxygen atoms in total. The molecule has 2 fully saturated rings. The maximum absolute atomic E-state index is 13.3. The summed E-state index contributed by atoms with van der Waals surface area (Å²) in [6, 6.07) is 13.9. The van der Waals surface area contributed by atoms with E-state index in [1.54, 1.807) is 37.4 Å². The Morgan fingerprint density at radius 3 is 2.42 bits per heavy atom. The van der Waals surface area contributed by atoms with Gasteiger partial charge < -0.3 is 9.64 Å². The highest BCUT2D eigenvalue weighted by molar-refractivity contribution is 6.06. The zero-order valence-electron chi connectivity index (χ0n) is 20.5. The number of halogens is 1. The number of likely N-dealkylation sites (N-methyl/N-ethyl adjacent to an activating group) is 1. The number of likely N-dealkylation sites (tertiary alicyclic amines) is 1. The number of piperidine rings is 1. The lowest BCUT2D eigenvalue weighted by Crippen LogP contribution is -2.56. The molecule has 1 aromatic heterocycles. The maximum atomic E-state index is 13.3. The molecule has 9 heteroatoms. The number of carbonyl (C=O) groups is 2. The molecule has 3 heterocycles. The summed E-state index contributed by atoms with van der Waals surface area (Å²) < 4.78 is 18.6. The van der Waals surface area contributed by atoms with Gasteiger partial charge in [0.05, 0.1) is 19.0 Å². The van der Waals surface area contributed by atoms with Crippen molar-refractivity contribution < 1.29 is 18.7 Å². The molecule has 0 radical (unpaired) electrons. The number of hydrogen-bond acceptors (Lipinski definition) is 5. The van der Waals surface area contributed by atoms with Gasteiger partial charge in [-0.3, -0.25) is 19.7 Å². The molecule has 1 spiro atoms. The minimum absolute atomic E-state index is 0.114. The Morgan fingerprint density at radius 2 is 1.75 bits per heavy atom. The van der Waals surface area contributed by atoms with Crippen LogP contribution >= 0.6 is 0 Å². The number of imide groups is 1. The van der Waals surface area contributed by atoms with Gasteiger partial charge in [-0.1, -0.05) is 12.1 Å². The Morgan fingerprint density at radius 1 is 1.06 bits per heavy atom. The van der Waals surface area contributed by atoms with Crippen LogP contribution in [0.4, 0.5) is 9.18 Å². The summed E-state index contributed by atoms with van der Waals surface area (Å²) in [7, 11) is 3.21. The third-order valence-corrected chi connectivity index (χ3v) is 7.45. The van der Waals surface area contributed by atoms with Crippen molar-refractivity contribution in [1.82, 2.24) is 24.9 Å². The van der Waals surface area contributed by atoms with E-state index in [0.29, 0.717) is 45.4 Å². The number of benzene rings is 2. The van der Waals surface area contributed by atoms with E-state index in [1.165, 1.54) is 17.0 Å². The van der Waals surface area contributed by atoms with Crippen molar-refractivity contribution in [3.8, 4) is 17.0 Å². The summed E-state index contributed by atoms with van der Waals surface area (Å²) in [6.45, 7) is 2.50. The van der Waals surface area contributed by atoms with E-state index in [-0.39, 0.29) is 17.8 Å². The summed E-state index contributed by atoms with van der Waals surface area (Å²) in [6.07, 6.45) is 3.61. The second-order valence-electron chi connectivity index (χ2n) is 9.48. The SMILES string of the molecule is COc1ccc(CCN2C(=O)N(C)C(=O)C23CCN(Cc2cn[nH]c2-c2ccc(F)cc2)CC3)cc1. The minimum Gasteiger partial charge on any atom is -0.497 e. The van der Waals surface area contributed by atoms with E-state index >= 15 is 0 Å². The standard InChI is InChI=1S/C27H30FN5O3/c1-31-25(34)27(33(26(31)35)14-11-19-3-9-23(36-2)10-4-19)12-15-32(16-13-27)18-21-17-29-30-24(21)20-5-7-22(28)8-6-20/h3-10,17H,11-16,18H2,1-2H3,(H,29,30). The second-order valence-corrected chi connectivity index (χ2v) is 9.48. The van der Waals surface area contributed by atoms with Gasteiger partial charge in [-0.15, -0.1) is 0 Å². The monoisotopic (exact) mass is 491 g/mol. The van der Waals surface area contributed by atoms with Gasteiger partial charge >= 0.3 is 6.03 Å². The lowest BCUT2D eigenvalue weighted by molar-refractivity contribution is -0.134. The molecule has 5 rings (SSSR count). The van der Waals surface area contributed by atoms with Crippen LogP contribution in [0.1, 0.15) is 24.0 Å². The number of hydrogen-bond donors (Lipinski definition) is 1. The first kappa shape index (κ1) is 24.0. The van der Waals surface area contributed by atoms with Crippen molar-refractivity contribution in [2.45, 2.75) is 31.3 Å². The second kappa shape index (κ2) is 9.73. The molecule has 0 bridgehead atoms. The van der Waals surface area contributed by atoms with Crippen LogP contribution in [0.5, 0.6) is 5.75 Å². The highest BCUT2D eigenvalue weighted by Crippen LogP contribution is 2.37. The molecule has 2 saturated heterocycles. The number of urea groups is 1. The number of aromatic nitrogens is 2. The number of aromatic amines is 1. The number of amides is 3. The van der Waals surface area contributed by atoms with Crippen molar-refractivity contribution in [2.24, 2.45) is 0 Å². The fourth-order valence-corrected chi connectivity index (χ4v) is 5.32. The normalized spacial score (nSPS) is 17.9. The highest BCUT2D eigenvalue weighted by Gasteiger charge is 2.56. The molecule has 0 atom stereocenters. The van der Waals surface area contributed by atoms with Crippen LogP contribution in [0.25, 0.3) is 11.3 Å². The molecule has 0 aliphatic carbocycles. The number of ether oxygens (including phenoxy) is 1. The summed E-state index contributed by atoms with van der Waals surface area (Å²) in [5.41, 5.74) is 3.04. The van der Waals surface area contributed by atoms with Crippen LogP contribution in [-0.2, 0) is 17.8 Å². The van der Waals surface area contributed by atoms with Crippen molar-refractivity contribution >= 4 is 11.9 Å². The number of nitrogens with zero attached hydrogens (tertiary/aromatic N) is 4. The summed E-state index contributed by atoms with van der Waals surface area (Å²) in [5.74, 6) is 0.394. The lowest BCUT2D eigenvalue weighted by atomic mass is 9.85. The van der Waals surface area contributed by atoms with Crippen molar-refractivity contribution in [1.29, 1.82) is 0 Å². The Bertz CT molecular complexity index is 1230. The van der Waals surface area contributed by atoms with E-state index in [1.807, 2.05) is 24.3 Å². The van der Waals surface area contributed by atoms with Gasteiger partial charge in [0, 0.05) is 44.4 Å². The fourth-order valence-electron chi connectivity index (χ4n) is 5.32. The van der Waals surface area contributed by atoms with Crippen molar-refractivity contribution in [3.05, 3.63) is 71.7 Å². The summed E-state index contributed by atoms with van der Waals surface area (Å²) in [5, 5.41) is 7.22. The van der Waals surface area contributed by atoms with E-state index < -0.39 is 5.54 Å². The van der Waals surface area contributed by atoms with E-state index in [4.69, 9.17) is 4.74 Å². The zero-order chi connectivity index (χ0) is 25.3. The van der Waals surface area contributed by atoms with Crippen LogP contribution in [0.15, 0.2) is 54.7 Å². The lowest BCUT2D eigenvalue weighted by Gasteiger charge is -2.42. The Balaban J connectivity index is 1.27. The fraction of sp³-hybridized carbons (Fsp3) is 0.370. The minimum atomic E-state index is -0.801. The molecular weight excluding hydrogens is 461 g/mol. The van der Waals surface area contributed by atoms with E-state index in [2.05, 4.69) is 15.1 Å². The van der Waals surface area contributed by atoms with Crippen molar-refractivity contribution in [2.75, 3.05) is 33.8 Å². The van der Waals surface area contributed by atoms with Gasteiger partial charge in [0.1, 0.15) is 17.1 Å². The van der Waals surface area contributed by atoms with Gasteiger partial charge in [-0.25, -0.2) is 9.18 Å². The van der Waals surface area contributed by atoms with Gasteiger partial charge in [0.2, 0.25) is 0 Å². The molecule has 3 amide bonds. The molecule has 0 saturated carbocycles. The topological polar surface area (TPSA) is 81.8 Å². The quantitative estimate of drug-likeness (QED) is 0.510. The van der Waals surface area contributed by atoms with Crippen LogP contribution < -0.4 is 4.74 Å². The van der Waals surface area contributed by atoms with Gasteiger partial charge in [-0.05, 0) is 61.2 Å². The van der Waals surface area contributed by atoms with Gasteiger partial charge in [0.25, 0.3) is 5.91 Å².